The van der Waals surface area contributed by atoms with Gasteiger partial charge in [0.2, 0.25) is 5.95 Å². The molecule has 6 nitrogen and oxygen atoms in total. The van der Waals surface area contributed by atoms with Gasteiger partial charge in [-0.15, -0.1) is 24.0 Å². The number of aliphatic imine (C=N–C) groups is 1. The highest BCUT2D eigenvalue weighted by atomic mass is 127. The number of hydrogen-bond donors (Lipinski definition) is 1. The zero-order chi connectivity index (χ0) is 19.3. The second kappa shape index (κ2) is 10.4. The zero-order valence-corrected chi connectivity index (χ0v) is 20.5. The van der Waals surface area contributed by atoms with Crippen LogP contribution in [0.15, 0.2) is 52.2 Å². The largest absolute Gasteiger partial charge is 0.355 e. The predicted octanol–water partition coefficient (Wildman–Crippen LogP) is 3.53. The average molecular weight is 559 g/mol. The molecule has 1 aromatic heterocycles. The third-order valence-corrected chi connectivity index (χ3v) is 5.47. The number of aromatic nitrogens is 2. The van der Waals surface area contributed by atoms with Crippen molar-refractivity contribution in [1.82, 2.24) is 20.2 Å². The first-order chi connectivity index (χ1) is 13.0. The van der Waals surface area contributed by atoms with Crippen LogP contribution < -0.4 is 10.2 Å². The minimum atomic E-state index is 0. The molecular weight excluding hydrogens is 531 g/mol. The van der Waals surface area contributed by atoms with E-state index in [0.29, 0.717) is 0 Å². The molecule has 0 atom stereocenters. The smallest absolute Gasteiger partial charge is 0.225 e. The Hall–Kier alpha value is -1.42. The fourth-order valence-electron chi connectivity index (χ4n) is 3.21. The van der Waals surface area contributed by atoms with Gasteiger partial charge in [-0.1, -0.05) is 41.9 Å². The van der Waals surface area contributed by atoms with Crippen LogP contribution >= 0.6 is 39.9 Å². The van der Waals surface area contributed by atoms with Gasteiger partial charge in [0, 0.05) is 62.1 Å². The molecule has 1 fully saturated rings. The van der Waals surface area contributed by atoms with Crippen LogP contribution in [-0.2, 0) is 5.41 Å². The summed E-state index contributed by atoms with van der Waals surface area (Å²) in [5.74, 6) is 1.75. The minimum absolute atomic E-state index is 0. The van der Waals surface area contributed by atoms with E-state index in [1.165, 1.54) is 5.56 Å². The summed E-state index contributed by atoms with van der Waals surface area (Å²) in [6.45, 7) is 8.90. The highest BCUT2D eigenvalue weighted by molar-refractivity contribution is 14.0. The first-order valence-corrected chi connectivity index (χ1v) is 10.0. The molecule has 1 aromatic carbocycles. The lowest BCUT2D eigenvalue weighted by molar-refractivity contribution is 0.364. The lowest BCUT2D eigenvalue weighted by atomic mass is 9.85. The summed E-state index contributed by atoms with van der Waals surface area (Å²) in [4.78, 5) is 17.7. The monoisotopic (exact) mass is 558 g/mol. The van der Waals surface area contributed by atoms with Crippen LogP contribution in [0, 0.1) is 0 Å². The lowest BCUT2D eigenvalue weighted by Crippen LogP contribution is -2.54. The Kier molecular flexibility index (Phi) is 8.48. The fraction of sp³-hybridized carbons (Fsp3) is 0.450. The van der Waals surface area contributed by atoms with Crippen LogP contribution in [0.4, 0.5) is 5.95 Å². The molecule has 28 heavy (non-hydrogen) atoms. The number of nitrogens with one attached hydrogen (secondary N) is 1. The first-order valence-electron chi connectivity index (χ1n) is 9.23. The highest BCUT2D eigenvalue weighted by Gasteiger charge is 2.24. The van der Waals surface area contributed by atoms with Crippen molar-refractivity contribution in [3.8, 4) is 0 Å². The number of hydrogen-bond acceptors (Lipinski definition) is 4. The maximum Gasteiger partial charge on any atom is 0.225 e. The summed E-state index contributed by atoms with van der Waals surface area (Å²) in [5.41, 5.74) is 1.32. The Morgan fingerprint density at radius 1 is 1.11 bits per heavy atom. The Bertz CT molecular complexity index is 758. The molecular formula is C20H28BrIN6. The van der Waals surface area contributed by atoms with E-state index in [4.69, 9.17) is 0 Å². The molecule has 0 radical (unpaired) electrons. The molecule has 1 N–H and O–H groups in total. The molecule has 1 aliphatic heterocycles. The normalized spacial score (nSPS) is 15.2. The summed E-state index contributed by atoms with van der Waals surface area (Å²) in [6, 6.07) is 10.4. The molecule has 0 unspecified atom stereocenters. The van der Waals surface area contributed by atoms with Crippen LogP contribution in [0.3, 0.4) is 0 Å². The number of benzene rings is 1. The van der Waals surface area contributed by atoms with Crippen molar-refractivity contribution >= 4 is 51.8 Å². The van der Waals surface area contributed by atoms with Gasteiger partial charge >= 0.3 is 0 Å². The Morgan fingerprint density at radius 2 is 1.71 bits per heavy atom. The Labute approximate surface area is 193 Å². The summed E-state index contributed by atoms with van der Waals surface area (Å²) < 4.78 is 1.10. The van der Waals surface area contributed by atoms with Crippen LogP contribution in [0.5, 0.6) is 0 Å². The molecule has 8 heteroatoms. The summed E-state index contributed by atoms with van der Waals surface area (Å²) >= 11 is 3.51. The summed E-state index contributed by atoms with van der Waals surface area (Å²) in [5, 5.41) is 3.56. The molecule has 0 saturated carbocycles. The topological polar surface area (TPSA) is 56.7 Å². The van der Waals surface area contributed by atoms with Gasteiger partial charge in [0.25, 0.3) is 0 Å². The van der Waals surface area contributed by atoms with E-state index in [9.17, 15) is 0 Å². The molecule has 0 spiro atoms. The van der Waals surface area contributed by atoms with E-state index in [1.807, 2.05) is 13.1 Å². The van der Waals surface area contributed by atoms with Crippen LogP contribution in [0.1, 0.15) is 19.4 Å². The van der Waals surface area contributed by atoms with Gasteiger partial charge < -0.3 is 15.1 Å². The van der Waals surface area contributed by atoms with Crippen molar-refractivity contribution in [2.24, 2.45) is 4.99 Å². The van der Waals surface area contributed by atoms with Gasteiger partial charge in [-0.2, -0.15) is 0 Å². The summed E-state index contributed by atoms with van der Waals surface area (Å²) in [6.07, 6.45) is 3.58. The van der Waals surface area contributed by atoms with E-state index < -0.39 is 0 Å². The van der Waals surface area contributed by atoms with Crippen molar-refractivity contribution in [2.45, 2.75) is 19.3 Å². The lowest BCUT2D eigenvalue weighted by Gasteiger charge is -2.37. The van der Waals surface area contributed by atoms with Crippen LogP contribution in [-0.4, -0.2) is 60.6 Å². The maximum absolute atomic E-state index is 4.49. The number of piperazine rings is 1. The average Bonchev–Trinajstić information content (AvgIpc) is 2.70. The number of rotatable bonds is 4. The second-order valence-corrected chi connectivity index (χ2v) is 8.23. The third-order valence-electron chi connectivity index (χ3n) is 4.94. The van der Waals surface area contributed by atoms with E-state index in [0.717, 1.165) is 49.1 Å². The molecule has 2 heterocycles. The maximum atomic E-state index is 4.49. The van der Waals surface area contributed by atoms with Crippen LogP contribution in [0.2, 0.25) is 0 Å². The van der Waals surface area contributed by atoms with Gasteiger partial charge in [-0.25, -0.2) is 9.97 Å². The standard InChI is InChI=1S/C20H27BrN6.HI/c1-20(2,16-5-7-17(21)8-6-16)15-25-18(22-3)26-11-13-27(14-12-26)19-23-9-4-10-24-19;/h4-10H,11-15H2,1-3H3,(H,22,25);1H. The predicted molar refractivity (Wildman–Crippen MR) is 130 cm³/mol. The third kappa shape index (κ3) is 5.79. The molecule has 152 valence electrons. The number of anilines is 1. The zero-order valence-electron chi connectivity index (χ0n) is 16.6. The van der Waals surface area contributed by atoms with Crippen molar-refractivity contribution in [2.75, 3.05) is 44.7 Å². The van der Waals surface area contributed by atoms with E-state index >= 15 is 0 Å². The van der Waals surface area contributed by atoms with Gasteiger partial charge in [0.05, 0.1) is 0 Å². The number of halogens is 2. The molecule has 1 aliphatic rings. The number of guanidine groups is 1. The minimum Gasteiger partial charge on any atom is -0.355 e. The van der Waals surface area contributed by atoms with Crippen molar-refractivity contribution in [3.05, 3.63) is 52.8 Å². The SMILES string of the molecule is CN=C(NCC(C)(C)c1ccc(Br)cc1)N1CCN(c2ncccn2)CC1.I. The van der Waals surface area contributed by atoms with E-state index in [-0.39, 0.29) is 29.4 Å². The van der Waals surface area contributed by atoms with Crippen molar-refractivity contribution < 1.29 is 0 Å². The highest BCUT2D eigenvalue weighted by Crippen LogP contribution is 2.24. The molecule has 1 saturated heterocycles. The van der Waals surface area contributed by atoms with E-state index in [1.54, 1.807) is 12.4 Å². The molecule has 2 aromatic rings. The summed E-state index contributed by atoms with van der Waals surface area (Å²) in [7, 11) is 1.85. The second-order valence-electron chi connectivity index (χ2n) is 7.31. The van der Waals surface area contributed by atoms with Gasteiger partial charge in [0.15, 0.2) is 5.96 Å². The fourth-order valence-corrected chi connectivity index (χ4v) is 3.47. The Balaban J connectivity index is 0.00000280. The van der Waals surface area contributed by atoms with Gasteiger partial charge in [0.1, 0.15) is 0 Å². The van der Waals surface area contributed by atoms with Gasteiger partial charge in [-0.05, 0) is 23.8 Å². The molecule has 0 aliphatic carbocycles. The molecule has 3 rings (SSSR count). The van der Waals surface area contributed by atoms with Gasteiger partial charge in [-0.3, -0.25) is 4.99 Å². The molecule has 0 bridgehead atoms. The number of nitrogens with zero attached hydrogens (tertiary/aromatic N) is 5. The Morgan fingerprint density at radius 3 is 2.29 bits per heavy atom. The first kappa shape index (κ1) is 22.9. The van der Waals surface area contributed by atoms with Crippen molar-refractivity contribution in [1.29, 1.82) is 0 Å². The van der Waals surface area contributed by atoms with Crippen LogP contribution in [0.25, 0.3) is 0 Å². The molecule has 0 amide bonds. The van der Waals surface area contributed by atoms with Crippen molar-refractivity contribution in [3.63, 3.8) is 0 Å². The van der Waals surface area contributed by atoms with E-state index in [2.05, 4.69) is 84.1 Å². The quantitative estimate of drug-likeness (QED) is 0.353.